The molecule has 348 valence electrons. The summed E-state index contributed by atoms with van der Waals surface area (Å²) in [6, 6.07) is 0.368. The third-order valence-electron chi connectivity index (χ3n) is 14.0. The Balaban J connectivity index is 1.37. The van der Waals surface area contributed by atoms with E-state index in [-0.39, 0.29) is 30.0 Å². The van der Waals surface area contributed by atoms with E-state index in [2.05, 4.69) is 125 Å². The van der Waals surface area contributed by atoms with Crippen molar-refractivity contribution < 1.29 is 19.4 Å². The Morgan fingerprint density at radius 1 is 0.903 bits per heavy atom. The Labute approximate surface area is 380 Å². The van der Waals surface area contributed by atoms with Crippen molar-refractivity contribution in [1.82, 2.24) is 4.90 Å². The minimum absolute atomic E-state index is 0.0812. The van der Waals surface area contributed by atoms with Crippen LogP contribution in [0.2, 0.25) is 0 Å². The third kappa shape index (κ3) is 19.7. The van der Waals surface area contributed by atoms with Crippen molar-refractivity contribution in [3.8, 4) is 0 Å². The molecule has 8 atom stereocenters. The van der Waals surface area contributed by atoms with Gasteiger partial charge in [-0.25, -0.2) is 0 Å². The molecule has 0 aromatic heterocycles. The number of carbonyl (C=O) groups excluding carboxylic acids is 2. The second kappa shape index (κ2) is 30.1. The maximum absolute atomic E-state index is 13.2. The van der Waals surface area contributed by atoms with Gasteiger partial charge < -0.3 is 19.5 Å². The van der Waals surface area contributed by atoms with Crippen LogP contribution in [0.25, 0.3) is 0 Å². The Hall–Kier alpha value is -3.09. The van der Waals surface area contributed by atoms with E-state index in [9.17, 15) is 14.7 Å². The number of aliphatic hydroxyl groups excluding tert-OH is 1. The lowest BCUT2D eigenvalue weighted by atomic mass is 9.65. The van der Waals surface area contributed by atoms with Crippen LogP contribution in [-0.2, 0) is 14.3 Å². The van der Waals surface area contributed by atoms with Gasteiger partial charge in [0.1, 0.15) is 12.4 Å². The highest BCUT2D eigenvalue weighted by Gasteiger charge is 2.43. The molecule has 6 heteroatoms. The molecule has 3 aliphatic rings. The SMILES string of the molecule is CCC=CCC=CCC=CCC=CCC=CCCC(C=O)CN1CCC(N=C(CC)CCC(CC)CC(O)CCC2C(C)C=CC3=CC(C)CC(OC(=O)C(C)(C)CC)C32)CC1. The zero-order valence-electron chi connectivity index (χ0n) is 40.7. The highest BCUT2D eigenvalue weighted by molar-refractivity contribution is 5.84. The normalized spacial score (nSPS) is 24.7. The second-order valence-corrected chi connectivity index (χ2v) is 19.5. The number of likely N-dealkylation sites (tertiary alicyclic amines) is 1. The molecule has 0 aromatic carbocycles. The zero-order chi connectivity index (χ0) is 45.2. The molecule has 1 fully saturated rings. The van der Waals surface area contributed by atoms with Crippen LogP contribution in [0.1, 0.15) is 171 Å². The number of fused-ring (bicyclic) bond motifs is 1. The number of nitrogens with zero attached hydrogens (tertiary/aromatic N) is 2. The highest BCUT2D eigenvalue weighted by Crippen LogP contribution is 2.45. The van der Waals surface area contributed by atoms with Gasteiger partial charge in [0.15, 0.2) is 0 Å². The van der Waals surface area contributed by atoms with E-state index >= 15 is 0 Å². The monoisotopic (exact) mass is 855 g/mol. The van der Waals surface area contributed by atoms with E-state index in [1.807, 2.05) is 13.8 Å². The largest absolute Gasteiger partial charge is 0.461 e. The number of aldehydes is 1. The summed E-state index contributed by atoms with van der Waals surface area (Å²) in [6.45, 7) is 20.1. The number of rotatable bonds is 29. The molecule has 0 radical (unpaired) electrons. The summed E-state index contributed by atoms with van der Waals surface area (Å²) in [5.41, 5.74) is 2.15. The van der Waals surface area contributed by atoms with Gasteiger partial charge in [-0.3, -0.25) is 9.79 Å². The number of hydrogen-bond acceptors (Lipinski definition) is 6. The first-order valence-corrected chi connectivity index (χ1v) is 25.2. The van der Waals surface area contributed by atoms with Crippen LogP contribution in [0.15, 0.2) is 89.6 Å². The first-order valence-electron chi connectivity index (χ1n) is 25.2. The van der Waals surface area contributed by atoms with E-state index in [4.69, 9.17) is 9.73 Å². The van der Waals surface area contributed by atoms with Crippen LogP contribution in [-0.4, -0.2) is 65.9 Å². The van der Waals surface area contributed by atoms with Gasteiger partial charge in [0.2, 0.25) is 0 Å². The smallest absolute Gasteiger partial charge is 0.311 e. The van der Waals surface area contributed by atoms with Crippen LogP contribution in [0.4, 0.5) is 0 Å². The number of esters is 1. The summed E-state index contributed by atoms with van der Waals surface area (Å²) in [5, 5.41) is 11.4. The van der Waals surface area contributed by atoms with Gasteiger partial charge in [-0.05, 0) is 152 Å². The van der Waals surface area contributed by atoms with Crippen LogP contribution in [0, 0.1) is 40.9 Å². The molecule has 1 aliphatic heterocycles. The fourth-order valence-corrected chi connectivity index (χ4v) is 9.44. The van der Waals surface area contributed by atoms with Crippen LogP contribution >= 0.6 is 0 Å². The van der Waals surface area contributed by atoms with E-state index in [0.717, 1.165) is 135 Å². The number of aliphatic imine (C=N–C) groups is 1. The molecule has 0 spiro atoms. The molecule has 62 heavy (non-hydrogen) atoms. The molecule has 0 bridgehead atoms. The van der Waals surface area contributed by atoms with Crippen molar-refractivity contribution in [2.24, 2.45) is 45.9 Å². The van der Waals surface area contributed by atoms with Crippen molar-refractivity contribution in [1.29, 1.82) is 0 Å². The predicted octanol–water partition coefficient (Wildman–Crippen LogP) is 13.7. The summed E-state index contributed by atoms with van der Waals surface area (Å²) in [4.78, 5) is 33.0. The molecule has 0 aromatic rings. The molecular weight excluding hydrogens is 765 g/mol. The van der Waals surface area contributed by atoms with E-state index < -0.39 is 5.41 Å². The fourth-order valence-electron chi connectivity index (χ4n) is 9.44. The average Bonchev–Trinajstić information content (AvgIpc) is 3.26. The molecule has 0 amide bonds. The predicted molar refractivity (Wildman–Crippen MR) is 264 cm³/mol. The number of aliphatic hydroxyl groups is 1. The summed E-state index contributed by atoms with van der Waals surface area (Å²) in [7, 11) is 0. The van der Waals surface area contributed by atoms with Gasteiger partial charge in [0.25, 0.3) is 0 Å². The lowest BCUT2D eigenvalue weighted by Gasteiger charge is -2.44. The molecule has 8 unspecified atom stereocenters. The molecule has 0 saturated carbocycles. The maximum Gasteiger partial charge on any atom is 0.311 e. The molecule has 2 aliphatic carbocycles. The van der Waals surface area contributed by atoms with Crippen molar-refractivity contribution in [2.75, 3.05) is 19.6 Å². The Kier molecular flexibility index (Phi) is 25.9. The summed E-state index contributed by atoms with van der Waals surface area (Å²) in [5.74, 6) is 1.76. The van der Waals surface area contributed by atoms with Gasteiger partial charge in [0.05, 0.1) is 17.6 Å². The Morgan fingerprint density at radius 2 is 1.53 bits per heavy atom. The number of hydrogen-bond donors (Lipinski definition) is 1. The quantitative estimate of drug-likeness (QED) is 0.0351. The van der Waals surface area contributed by atoms with Crippen LogP contribution in [0.5, 0.6) is 0 Å². The maximum atomic E-state index is 13.2. The zero-order valence-corrected chi connectivity index (χ0v) is 40.7. The molecule has 1 heterocycles. The lowest BCUT2D eigenvalue weighted by molar-refractivity contribution is -0.164. The third-order valence-corrected chi connectivity index (χ3v) is 14.0. The van der Waals surface area contributed by atoms with Crippen molar-refractivity contribution in [3.05, 3.63) is 84.6 Å². The second-order valence-electron chi connectivity index (χ2n) is 19.5. The minimum Gasteiger partial charge on any atom is -0.461 e. The highest BCUT2D eigenvalue weighted by atomic mass is 16.5. The van der Waals surface area contributed by atoms with Gasteiger partial charge in [-0.15, -0.1) is 0 Å². The lowest BCUT2D eigenvalue weighted by Crippen LogP contribution is -2.43. The Bertz CT molecular complexity index is 1520. The van der Waals surface area contributed by atoms with E-state index in [1.54, 1.807) is 0 Å². The first-order chi connectivity index (χ1) is 29.9. The summed E-state index contributed by atoms with van der Waals surface area (Å²) < 4.78 is 6.33. The van der Waals surface area contributed by atoms with Gasteiger partial charge >= 0.3 is 5.97 Å². The number of ether oxygens (including phenoxy) is 1. The van der Waals surface area contributed by atoms with Gasteiger partial charge in [0, 0.05) is 37.2 Å². The number of carbonyl (C=O) groups is 2. The average molecular weight is 855 g/mol. The van der Waals surface area contributed by atoms with Crippen molar-refractivity contribution >= 4 is 18.0 Å². The summed E-state index contributed by atoms with van der Waals surface area (Å²) >= 11 is 0. The van der Waals surface area contributed by atoms with Gasteiger partial charge in [-0.2, -0.15) is 0 Å². The molecule has 6 nitrogen and oxygen atoms in total. The minimum atomic E-state index is -0.484. The number of piperidine rings is 1. The van der Waals surface area contributed by atoms with Crippen LogP contribution < -0.4 is 0 Å². The molecule has 1 saturated heterocycles. The topological polar surface area (TPSA) is 79.2 Å². The van der Waals surface area contributed by atoms with Gasteiger partial charge in [-0.1, -0.05) is 127 Å². The molecule has 3 rings (SSSR count). The van der Waals surface area contributed by atoms with Crippen LogP contribution in [0.3, 0.4) is 0 Å². The molecule has 1 N–H and O–H groups in total. The molecular formula is C56H90N2O4. The summed E-state index contributed by atoms with van der Waals surface area (Å²) in [6.07, 6.45) is 47.2. The van der Waals surface area contributed by atoms with E-state index in [0.29, 0.717) is 29.7 Å². The first kappa shape index (κ1) is 53.2. The van der Waals surface area contributed by atoms with E-state index in [1.165, 1.54) is 17.6 Å². The van der Waals surface area contributed by atoms with Crippen molar-refractivity contribution in [3.63, 3.8) is 0 Å². The number of allylic oxidation sites excluding steroid dienone is 13. The fraction of sp³-hybridized carbons (Fsp3) is 0.696. The van der Waals surface area contributed by atoms with Crippen molar-refractivity contribution in [2.45, 2.75) is 189 Å². The Morgan fingerprint density at radius 3 is 2.11 bits per heavy atom. The standard InChI is InChI=1S/C56H90N2O4/c1-9-13-14-15-16-17-18-19-20-21-22-23-24-25-26-27-28-47(43-59)42-58-37-35-50(36-38-58)57-49(11-3)32-30-46(10-2)41-51(60)33-34-52-45(6)29-31-48-39-44(5)40-53(54(48)52)62-55(61)56(7,8)12-4/h13-14,16-17,19-20,22-23,25-26,29,31,39,43-47,50-54,60H,9-12,15,18,21,24,27-28,30,32-38,40-42H2,1-8H3.